The van der Waals surface area contributed by atoms with Crippen LogP contribution in [-0.2, 0) is 4.74 Å². The van der Waals surface area contributed by atoms with Crippen molar-refractivity contribution in [3.63, 3.8) is 0 Å². The lowest BCUT2D eigenvalue weighted by molar-refractivity contribution is 0.0586. The first-order valence-electron chi connectivity index (χ1n) is 6.98. The normalized spacial score (nSPS) is 18.6. The number of carbonyl (C=O) groups is 1. The van der Waals surface area contributed by atoms with Crippen molar-refractivity contribution in [3.05, 3.63) is 17.6 Å². The lowest BCUT2D eigenvalue weighted by Crippen LogP contribution is -2.42. The number of likely N-dealkylation sites (N-methyl/N-ethyl adjacent to an activating group) is 1. The third kappa shape index (κ3) is 3.66. The highest BCUT2D eigenvalue weighted by Gasteiger charge is 2.17. The molecule has 1 aromatic rings. The molecule has 6 nitrogen and oxygen atoms in total. The molecule has 0 amide bonds. The first-order chi connectivity index (χ1) is 9.60. The number of aryl methyl sites for hydroxylation is 1. The molecule has 0 aromatic carbocycles. The van der Waals surface area contributed by atoms with E-state index in [2.05, 4.69) is 24.9 Å². The summed E-state index contributed by atoms with van der Waals surface area (Å²) in [5, 5.41) is 3.51. The first-order valence-corrected chi connectivity index (χ1v) is 6.98. The summed E-state index contributed by atoms with van der Waals surface area (Å²) in [5.41, 5.74) is 0.763. The van der Waals surface area contributed by atoms with Crippen LogP contribution in [-0.4, -0.2) is 49.2 Å². The van der Waals surface area contributed by atoms with E-state index in [0.29, 0.717) is 6.04 Å². The molecule has 0 radical (unpaired) electrons. The Morgan fingerprint density at radius 2 is 2.30 bits per heavy atom. The summed E-state index contributed by atoms with van der Waals surface area (Å²) in [7, 11) is 3.32. The predicted molar refractivity (Wildman–Crippen MR) is 77.0 cm³/mol. The summed E-state index contributed by atoms with van der Waals surface area (Å²) < 4.78 is 4.68. The molecule has 110 valence electrons. The van der Waals surface area contributed by atoms with Crippen LogP contribution in [0.4, 0.5) is 5.82 Å². The minimum Gasteiger partial charge on any atom is -0.463 e. The van der Waals surface area contributed by atoms with Crippen molar-refractivity contribution >= 4 is 11.8 Å². The molecular formula is C14H22N4O2. The molecule has 1 unspecified atom stereocenters. The highest BCUT2D eigenvalue weighted by atomic mass is 16.5. The zero-order valence-electron chi connectivity index (χ0n) is 12.3. The average molecular weight is 278 g/mol. The van der Waals surface area contributed by atoms with E-state index < -0.39 is 5.97 Å². The smallest absolute Gasteiger partial charge is 0.376 e. The lowest BCUT2D eigenvalue weighted by atomic mass is 10.0. The minimum atomic E-state index is -0.501. The second-order valence-corrected chi connectivity index (χ2v) is 5.21. The number of nitrogens with one attached hydrogen (secondary N) is 1. The van der Waals surface area contributed by atoms with E-state index in [1.165, 1.54) is 26.4 Å². The SMILES string of the molecule is COC(=O)c1nc(C)cc(N(C)CC2CCCCN2)n1. The van der Waals surface area contributed by atoms with Gasteiger partial charge in [-0.15, -0.1) is 0 Å². The maximum absolute atomic E-state index is 11.6. The van der Waals surface area contributed by atoms with Crippen molar-refractivity contribution in [1.29, 1.82) is 0 Å². The molecule has 1 aromatic heterocycles. The van der Waals surface area contributed by atoms with Gasteiger partial charge in [-0.05, 0) is 26.3 Å². The number of esters is 1. The zero-order valence-corrected chi connectivity index (χ0v) is 12.3. The average Bonchev–Trinajstić information content (AvgIpc) is 2.46. The molecule has 1 N–H and O–H groups in total. The molecule has 0 spiro atoms. The Labute approximate surface area is 119 Å². The van der Waals surface area contributed by atoms with Gasteiger partial charge < -0.3 is 15.0 Å². The van der Waals surface area contributed by atoms with Gasteiger partial charge in [0.15, 0.2) is 0 Å². The number of piperidine rings is 1. The third-order valence-corrected chi connectivity index (χ3v) is 3.51. The Morgan fingerprint density at radius 1 is 1.50 bits per heavy atom. The van der Waals surface area contributed by atoms with Gasteiger partial charge in [0, 0.05) is 31.4 Å². The van der Waals surface area contributed by atoms with E-state index in [-0.39, 0.29) is 5.82 Å². The van der Waals surface area contributed by atoms with E-state index >= 15 is 0 Å². The Hall–Kier alpha value is -1.69. The second-order valence-electron chi connectivity index (χ2n) is 5.21. The molecule has 20 heavy (non-hydrogen) atoms. The van der Waals surface area contributed by atoms with Gasteiger partial charge in [-0.25, -0.2) is 14.8 Å². The lowest BCUT2D eigenvalue weighted by Gasteiger charge is -2.29. The summed E-state index contributed by atoms with van der Waals surface area (Å²) in [4.78, 5) is 22.0. The third-order valence-electron chi connectivity index (χ3n) is 3.51. The van der Waals surface area contributed by atoms with Gasteiger partial charge >= 0.3 is 5.97 Å². The summed E-state index contributed by atoms with van der Waals surface area (Å²) in [6.07, 6.45) is 3.69. The molecule has 2 heterocycles. The molecule has 0 aliphatic carbocycles. The van der Waals surface area contributed by atoms with Crippen molar-refractivity contribution in [2.45, 2.75) is 32.2 Å². The fourth-order valence-corrected chi connectivity index (χ4v) is 2.43. The van der Waals surface area contributed by atoms with E-state index in [1.807, 2.05) is 20.0 Å². The fraction of sp³-hybridized carbons (Fsp3) is 0.643. The van der Waals surface area contributed by atoms with Crippen LogP contribution in [0.25, 0.3) is 0 Å². The van der Waals surface area contributed by atoms with Crippen LogP contribution in [0, 0.1) is 6.92 Å². The van der Waals surface area contributed by atoms with Crippen LogP contribution in [0.1, 0.15) is 35.6 Å². The number of carbonyl (C=O) groups excluding carboxylic acids is 1. The van der Waals surface area contributed by atoms with Gasteiger partial charge in [0.25, 0.3) is 0 Å². The maximum Gasteiger partial charge on any atom is 0.376 e. The van der Waals surface area contributed by atoms with Crippen molar-refractivity contribution in [2.75, 3.05) is 32.1 Å². The molecule has 1 aliphatic heterocycles. The van der Waals surface area contributed by atoms with Gasteiger partial charge in [-0.3, -0.25) is 0 Å². The van der Waals surface area contributed by atoms with Crippen LogP contribution >= 0.6 is 0 Å². The van der Waals surface area contributed by atoms with Crippen LogP contribution < -0.4 is 10.2 Å². The van der Waals surface area contributed by atoms with E-state index in [1.54, 1.807) is 0 Å². The topological polar surface area (TPSA) is 67.3 Å². The fourth-order valence-electron chi connectivity index (χ4n) is 2.43. The van der Waals surface area contributed by atoms with E-state index in [0.717, 1.165) is 24.6 Å². The number of rotatable bonds is 4. The van der Waals surface area contributed by atoms with Crippen LogP contribution in [0.5, 0.6) is 0 Å². The highest BCUT2D eigenvalue weighted by molar-refractivity contribution is 5.85. The molecule has 1 fully saturated rings. The van der Waals surface area contributed by atoms with Crippen molar-refractivity contribution in [2.24, 2.45) is 0 Å². The Kier molecular flexibility index (Phi) is 4.89. The first kappa shape index (κ1) is 14.7. The number of hydrogen-bond acceptors (Lipinski definition) is 6. The summed E-state index contributed by atoms with van der Waals surface area (Å²) >= 11 is 0. The van der Waals surface area contributed by atoms with Crippen LogP contribution in [0.3, 0.4) is 0 Å². The number of anilines is 1. The number of nitrogens with zero attached hydrogens (tertiary/aromatic N) is 3. The van der Waals surface area contributed by atoms with Gasteiger partial charge in [-0.2, -0.15) is 0 Å². The Balaban J connectivity index is 2.10. The van der Waals surface area contributed by atoms with Crippen molar-refractivity contribution in [3.8, 4) is 0 Å². The van der Waals surface area contributed by atoms with E-state index in [9.17, 15) is 4.79 Å². The van der Waals surface area contributed by atoms with Gasteiger partial charge in [0.05, 0.1) is 7.11 Å². The molecule has 2 rings (SSSR count). The van der Waals surface area contributed by atoms with Gasteiger partial charge in [-0.1, -0.05) is 6.42 Å². The molecule has 6 heteroatoms. The Morgan fingerprint density at radius 3 is 2.95 bits per heavy atom. The molecule has 0 saturated carbocycles. The summed E-state index contributed by atoms with van der Waals surface area (Å²) in [5.74, 6) is 0.371. The van der Waals surface area contributed by atoms with Gasteiger partial charge in [0.1, 0.15) is 5.82 Å². The minimum absolute atomic E-state index is 0.117. The van der Waals surface area contributed by atoms with Crippen LogP contribution in [0.15, 0.2) is 6.07 Å². The van der Waals surface area contributed by atoms with Crippen molar-refractivity contribution < 1.29 is 9.53 Å². The standard InChI is InChI=1S/C14H22N4O2/c1-10-8-12(17-13(16-10)14(19)20-3)18(2)9-11-6-4-5-7-15-11/h8,11,15H,4-7,9H2,1-3H3. The van der Waals surface area contributed by atoms with Crippen LogP contribution in [0.2, 0.25) is 0 Å². The van der Waals surface area contributed by atoms with Crippen molar-refractivity contribution in [1.82, 2.24) is 15.3 Å². The molecular weight excluding hydrogens is 256 g/mol. The number of ether oxygens (including phenoxy) is 1. The molecule has 1 saturated heterocycles. The number of methoxy groups -OCH3 is 1. The molecule has 0 bridgehead atoms. The largest absolute Gasteiger partial charge is 0.463 e. The number of aromatic nitrogens is 2. The number of hydrogen-bond donors (Lipinski definition) is 1. The summed E-state index contributed by atoms with van der Waals surface area (Å²) in [6, 6.07) is 2.36. The van der Waals surface area contributed by atoms with Gasteiger partial charge in [0.2, 0.25) is 5.82 Å². The quantitative estimate of drug-likeness (QED) is 0.833. The monoisotopic (exact) mass is 278 g/mol. The zero-order chi connectivity index (χ0) is 14.5. The predicted octanol–water partition coefficient (Wildman–Crippen LogP) is 1.15. The maximum atomic E-state index is 11.6. The second kappa shape index (κ2) is 6.65. The van der Waals surface area contributed by atoms with E-state index in [4.69, 9.17) is 0 Å². The molecule has 1 atom stereocenters. The summed E-state index contributed by atoms with van der Waals surface area (Å²) in [6.45, 7) is 3.80. The Bertz CT molecular complexity index is 472. The highest BCUT2D eigenvalue weighted by Crippen LogP contribution is 2.14. The molecule has 1 aliphatic rings.